The maximum absolute atomic E-state index is 11.9. The highest BCUT2D eigenvalue weighted by Gasteiger charge is 2.12. The number of alkyl halides is 1. The molecule has 0 radical (unpaired) electrons. The molecule has 0 saturated carbocycles. The van der Waals surface area contributed by atoms with Crippen LogP contribution in [0.15, 0.2) is 24.3 Å². The zero-order valence-corrected chi connectivity index (χ0v) is 12.1. The summed E-state index contributed by atoms with van der Waals surface area (Å²) in [6, 6.07) is 6.97. The van der Waals surface area contributed by atoms with Crippen LogP contribution >= 0.6 is 22.6 Å². The van der Waals surface area contributed by atoms with E-state index in [0.29, 0.717) is 5.56 Å². The molecule has 1 unspecified atom stereocenters. The molecule has 0 aliphatic carbocycles. The third kappa shape index (κ3) is 4.51. The fourth-order valence-electron chi connectivity index (χ4n) is 1.32. The molecule has 5 heteroatoms. The maximum Gasteiger partial charge on any atom is 0.253 e. The average Bonchev–Trinajstić information content (AvgIpc) is 2.38. The Balaban J connectivity index is 2.62. The summed E-state index contributed by atoms with van der Waals surface area (Å²) in [5.74, 6) is 0.599. The van der Waals surface area contributed by atoms with E-state index in [2.05, 4.69) is 27.9 Å². The van der Waals surface area contributed by atoms with Crippen LogP contribution in [0, 0.1) is 0 Å². The van der Waals surface area contributed by atoms with Crippen LogP contribution in [0.3, 0.4) is 0 Å². The van der Waals surface area contributed by atoms with E-state index in [9.17, 15) is 4.79 Å². The first-order chi connectivity index (χ1) is 8.21. The Kier molecular flexibility index (Phi) is 6.28. The normalized spacial score (nSPS) is 11.9. The van der Waals surface area contributed by atoms with Gasteiger partial charge in [-0.3, -0.25) is 4.79 Å². The second kappa shape index (κ2) is 7.50. The third-order valence-corrected chi connectivity index (χ3v) is 2.92. The minimum absolute atomic E-state index is 0.135. The van der Waals surface area contributed by atoms with Crippen molar-refractivity contribution in [2.24, 2.45) is 0 Å². The number of methoxy groups -OCH3 is 2. The summed E-state index contributed by atoms with van der Waals surface area (Å²) in [7, 11) is 3.18. The van der Waals surface area contributed by atoms with E-state index in [1.807, 2.05) is 0 Å². The number of rotatable bonds is 6. The lowest BCUT2D eigenvalue weighted by Crippen LogP contribution is -2.36. The molecule has 17 heavy (non-hydrogen) atoms. The van der Waals surface area contributed by atoms with Crippen molar-refractivity contribution in [3.8, 4) is 5.75 Å². The zero-order valence-electron chi connectivity index (χ0n) is 9.90. The van der Waals surface area contributed by atoms with Gasteiger partial charge in [0.15, 0.2) is 0 Å². The van der Waals surface area contributed by atoms with Crippen molar-refractivity contribution in [3.63, 3.8) is 0 Å². The maximum atomic E-state index is 11.9. The van der Waals surface area contributed by atoms with E-state index in [-0.39, 0.29) is 12.1 Å². The van der Waals surface area contributed by atoms with Crippen LogP contribution in [-0.4, -0.2) is 30.8 Å². The number of ether oxygens (including phenoxy) is 2. The Labute approximate surface area is 115 Å². The fourth-order valence-corrected chi connectivity index (χ4v) is 1.89. The van der Waals surface area contributed by atoms with Crippen LogP contribution in [0.25, 0.3) is 0 Å². The molecule has 94 valence electrons. The minimum Gasteiger partial charge on any atom is -0.497 e. The van der Waals surface area contributed by atoms with E-state index >= 15 is 0 Å². The first kappa shape index (κ1) is 14.2. The van der Waals surface area contributed by atoms with Gasteiger partial charge in [-0.05, 0) is 24.3 Å². The lowest BCUT2D eigenvalue weighted by atomic mass is 10.2. The van der Waals surface area contributed by atoms with E-state index < -0.39 is 0 Å². The molecule has 0 aliphatic heterocycles. The van der Waals surface area contributed by atoms with Crippen LogP contribution in [0.1, 0.15) is 16.8 Å². The molecule has 1 atom stereocenters. The van der Waals surface area contributed by atoms with Gasteiger partial charge >= 0.3 is 0 Å². The van der Waals surface area contributed by atoms with E-state index in [4.69, 9.17) is 9.47 Å². The van der Waals surface area contributed by atoms with Gasteiger partial charge in [0.25, 0.3) is 5.91 Å². The number of hydrogen-bond donors (Lipinski definition) is 1. The van der Waals surface area contributed by atoms with Crippen molar-refractivity contribution in [1.82, 2.24) is 5.32 Å². The second-order valence-corrected chi connectivity index (χ2v) is 4.48. The summed E-state index contributed by atoms with van der Waals surface area (Å²) < 4.78 is 11.1. The Hall–Kier alpha value is -0.820. The molecular weight excluding hydrogens is 333 g/mol. The summed E-state index contributed by atoms with van der Waals surface area (Å²) >= 11 is 2.25. The standard InChI is InChI=1S/C12H16INO3/c1-16-10-5-3-9(4-6-10)12(15)14-11(17-2)7-8-13/h3-6,11H,7-8H2,1-2H3,(H,14,15). The van der Waals surface area contributed by atoms with Gasteiger partial charge in [0.2, 0.25) is 0 Å². The molecule has 1 rings (SSSR count). The number of benzene rings is 1. The fraction of sp³-hybridized carbons (Fsp3) is 0.417. The predicted molar refractivity (Wildman–Crippen MR) is 74.8 cm³/mol. The molecule has 0 aromatic heterocycles. The summed E-state index contributed by atoms with van der Waals surface area (Å²) in [5, 5.41) is 2.81. The highest BCUT2D eigenvalue weighted by atomic mass is 127. The molecule has 1 amide bonds. The number of hydrogen-bond acceptors (Lipinski definition) is 3. The van der Waals surface area contributed by atoms with E-state index in [1.54, 1.807) is 38.5 Å². The van der Waals surface area contributed by atoms with Gasteiger partial charge in [0, 0.05) is 23.5 Å². The van der Waals surface area contributed by atoms with Crippen LogP contribution in [-0.2, 0) is 4.74 Å². The van der Waals surface area contributed by atoms with Crippen LogP contribution < -0.4 is 10.1 Å². The molecule has 1 aromatic rings. The predicted octanol–water partition coefficient (Wildman–Crippen LogP) is 2.22. The SMILES string of the molecule is COc1ccc(C(=O)NC(CCI)OC)cc1. The number of amides is 1. The van der Waals surface area contributed by atoms with Crippen molar-refractivity contribution >= 4 is 28.5 Å². The van der Waals surface area contributed by atoms with Gasteiger partial charge in [-0.15, -0.1) is 0 Å². The minimum atomic E-state index is -0.235. The molecule has 0 heterocycles. The Morgan fingerprint density at radius 1 is 1.35 bits per heavy atom. The largest absolute Gasteiger partial charge is 0.497 e. The highest BCUT2D eigenvalue weighted by molar-refractivity contribution is 14.1. The first-order valence-electron chi connectivity index (χ1n) is 5.25. The lowest BCUT2D eigenvalue weighted by molar-refractivity contribution is 0.0571. The summed E-state index contributed by atoms with van der Waals surface area (Å²) in [6.45, 7) is 0. The average molecular weight is 349 g/mol. The monoisotopic (exact) mass is 349 g/mol. The van der Waals surface area contributed by atoms with Gasteiger partial charge in [-0.25, -0.2) is 0 Å². The molecule has 0 saturated heterocycles. The molecular formula is C12H16INO3. The van der Waals surface area contributed by atoms with E-state index in [0.717, 1.165) is 16.6 Å². The van der Waals surface area contributed by atoms with Gasteiger partial charge in [-0.2, -0.15) is 0 Å². The highest BCUT2D eigenvalue weighted by Crippen LogP contribution is 2.11. The number of carbonyl (C=O) groups excluding carboxylic acids is 1. The topological polar surface area (TPSA) is 47.6 Å². The third-order valence-electron chi connectivity index (χ3n) is 2.30. The first-order valence-corrected chi connectivity index (χ1v) is 6.77. The van der Waals surface area contributed by atoms with Crippen molar-refractivity contribution in [3.05, 3.63) is 29.8 Å². The molecule has 0 fully saturated rings. The van der Waals surface area contributed by atoms with Gasteiger partial charge < -0.3 is 14.8 Å². The van der Waals surface area contributed by atoms with Crippen molar-refractivity contribution in [2.75, 3.05) is 18.6 Å². The van der Waals surface area contributed by atoms with E-state index in [1.165, 1.54) is 0 Å². The Bertz CT molecular complexity index is 353. The van der Waals surface area contributed by atoms with Gasteiger partial charge in [0.05, 0.1) is 7.11 Å². The van der Waals surface area contributed by atoms with Crippen LogP contribution in [0.5, 0.6) is 5.75 Å². The molecule has 0 spiro atoms. The number of halogens is 1. The molecule has 4 nitrogen and oxygen atoms in total. The van der Waals surface area contributed by atoms with Crippen molar-refractivity contribution in [1.29, 1.82) is 0 Å². The van der Waals surface area contributed by atoms with Gasteiger partial charge in [-0.1, -0.05) is 22.6 Å². The quantitative estimate of drug-likeness (QED) is 0.487. The number of carbonyl (C=O) groups is 1. The van der Waals surface area contributed by atoms with Crippen LogP contribution in [0.2, 0.25) is 0 Å². The summed E-state index contributed by atoms with van der Waals surface area (Å²) in [4.78, 5) is 11.9. The molecule has 1 N–H and O–H groups in total. The zero-order chi connectivity index (χ0) is 12.7. The molecule has 1 aromatic carbocycles. The van der Waals surface area contributed by atoms with Crippen LogP contribution in [0.4, 0.5) is 0 Å². The lowest BCUT2D eigenvalue weighted by Gasteiger charge is -2.15. The van der Waals surface area contributed by atoms with Crippen molar-refractivity contribution < 1.29 is 14.3 Å². The number of nitrogens with one attached hydrogen (secondary N) is 1. The van der Waals surface area contributed by atoms with Crippen molar-refractivity contribution in [2.45, 2.75) is 12.6 Å². The smallest absolute Gasteiger partial charge is 0.253 e. The second-order valence-electron chi connectivity index (χ2n) is 3.40. The Morgan fingerprint density at radius 3 is 2.47 bits per heavy atom. The molecule has 0 aliphatic rings. The molecule has 0 bridgehead atoms. The summed E-state index contributed by atoms with van der Waals surface area (Å²) in [5.41, 5.74) is 0.598. The summed E-state index contributed by atoms with van der Waals surface area (Å²) in [6.07, 6.45) is 0.556. The van der Waals surface area contributed by atoms with Gasteiger partial charge in [0.1, 0.15) is 12.0 Å². The Morgan fingerprint density at radius 2 is 2.00 bits per heavy atom.